The van der Waals surface area contributed by atoms with Gasteiger partial charge in [0.15, 0.2) is 12.1 Å². The van der Waals surface area contributed by atoms with E-state index >= 15 is 0 Å². The number of nitrogens with zero attached hydrogens (tertiary/aromatic N) is 4. The smallest absolute Gasteiger partial charge is 0.352 e. The highest BCUT2D eigenvalue weighted by Gasteiger charge is 2.62. The van der Waals surface area contributed by atoms with Gasteiger partial charge < -0.3 is 39.1 Å². The fraction of sp³-hybridized carbons (Fsp3) is 0.640. The van der Waals surface area contributed by atoms with Crippen LogP contribution in [0.2, 0.25) is 0 Å². The van der Waals surface area contributed by atoms with Gasteiger partial charge in [0.25, 0.3) is 0 Å². The highest BCUT2D eigenvalue weighted by molar-refractivity contribution is 5.94. The first kappa shape index (κ1) is 25.1. The molecule has 5 heterocycles. The molecule has 14 heteroatoms. The van der Waals surface area contributed by atoms with Gasteiger partial charge in [0.2, 0.25) is 0 Å². The Morgan fingerprint density at radius 3 is 2.59 bits per heavy atom. The van der Waals surface area contributed by atoms with Crippen molar-refractivity contribution in [3.63, 3.8) is 0 Å². The molecule has 3 saturated heterocycles. The molecule has 7 rings (SSSR count). The Morgan fingerprint density at radius 2 is 1.85 bits per heavy atom. The fourth-order valence-electron chi connectivity index (χ4n) is 6.36. The van der Waals surface area contributed by atoms with Gasteiger partial charge >= 0.3 is 11.4 Å². The first-order valence-corrected chi connectivity index (χ1v) is 13.1. The summed E-state index contributed by atoms with van der Waals surface area (Å²) in [7, 11) is 0. The van der Waals surface area contributed by atoms with Gasteiger partial charge in [-0.15, -0.1) is 0 Å². The Labute approximate surface area is 221 Å². The zero-order chi connectivity index (χ0) is 27.2. The molecular formula is C25H30N4O10. The number of oxime groups is 1. The average Bonchev–Trinajstić information content (AvgIpc) is 3.50. The number of para-hydroxylation sites is 1. The molecule has 0 spiro atoms. The summed E-state index contributed by atoms with van der Waals surface area (Å²) in [6.45, 7) is 3.37. The van der Waals surface area contributed by atoms with Crippen LogP contribution in [0.25, 0.3) is 5.69 Å². The van der Waals surface area contributed by atoms with E-state index in [0.29, 0.717) is 17.8 Å². The minimum atomic E-state index is -1.23. The molecule has 4 aliphatic heterocycles. The average molecular weight is 547 g/mol. The van der Waals surface area contributed by atoms with Crippen LogP contribution in [0, 0.1) is 5.92 Å². The molecule has 2 aromatic rings. The number of hydrogen-bond donors (Lipinski definition) is 3. The summed E-state index contributed by atoms with van der Waals surface area (Å²) < 4.78 is 26.4. The van der Waals surface area contributed by atoms with Gasteiger partial charge in [-0.2, -0.15) is 0 Å². The number of epoxide rings is 1. The SMILES string of the molecule is CC1(C)OC2OC(C(O)CON=C3C4CCn5c(=O)n(-c6ccccc6)c(=O)n5C4C(O)C4OC34)C(O)C2O1. The van der Waals surface area contributed by atoms with Crippen molar-refractivity contribution in [1.82, 2.24) is 13.9 Å². The second-order valence-corrected chi connectivity index (χ2v) is 11.0. The maximum Gasteiger partial charge on any atom is 0.352 e. The first-order chi connectivity index (χ1) is 18.7. The third-order valence-corrected chi connectivity index (χ3v) is 8.15. The summed E-state index contributed by atoms with van der Waals surface area (Å²) in [4.78, 5) is 32.1. The van der Waals surface area contributed by atoms with E-state index in [1.807, 2.05) is 0 Å². The van der Waals surface area contributed by atoms with Crippen molar-refractivity contribution >= 4 is 5.71 Å². The number of hydrogen-bond acceptors (Lipinski definition) is 11. The number of aliphatic hydroxyl groups excluding tert-OH is 3. The highest BCUT2D eigenvalue weighted by Crippen LogP contribution is 2.46. The van der Waals surface area contributed by atoms with E-state index in [9.17, 15) is 24.9 Å². The second-order valence-electron chi connectivity index (χ2n) is 11.0. The molecule has 0 radical (unpaired) electrons. The lowest BCUT2D eigenvalue weighted by Gasteiger charge is -2.38. The Morgan fingerprint density at radius 1 is 1.08 bits per heavy atom. The topological polar surface area (TPSA) is 171 Å². The lowest BCUT2D eigenvalue weighted by Crippen LogP contribution is -2.53. The van der Waals surface area contributed by atoms with Gasteiger partial charge in [-0.05, 0) is 32.4 Å². The molecule has 0 bridgehead atoms. The van der Waals surface area contributed by atoms with E-state index in [1.54, 1.807) is 44.2 Å². The molecular weight excluding hydrogens is 516 g/mol. The van der Waals surface area contributed by atoms with Crippen molar-refractivity contribution < 1.29 is 39.1 Å². The summed E-state index contributed by atoms with van der Waals surface area (Å²) in [6.07, 6.45) is -6.56. The van der Waals surface area contributed by atoms with Crippen LogP contribution in [-0.2, 0) is 30.3 Å². The molecule has 5 aliphatic rings. The van der Waals surface area contributed by atoms with Crippen LogP contribution in [0.1, 0.15) is 26.3 Å². The maximum atomic E-state index is 13.5. The molecule has 4 fully saturated rings. The fourth-order valence-corrected chi connectivity index (χ4v) is 6.36. The largest absolute Gasteiger partial charge is 0.393 e. The lowest BCUT2D eigenvalue weighted by molar-refractivity contribution is -0.228. The number of aliphatic hydroxyl groups is 3. The molecule has 0 amide bonds. The summed E-state index contributed by atoms with van der Waals surface area (Å²) in [5.74, 6) is -1.33. The predicted molar refractivity (Wildman–Crippen MR) is 130 cm³/mol. The van der Waals surface area contributed by atoms with E-state index in [4.69, 9.17) is 23.8 Å². The molecule has 10 atom stereocenters. The van der Waals surface area contributed by atoms with Gasteiger partial charge in [0.05, 0.1) is 17.4 Å². The summed E-state index contributed by atoms with van der Waals surface area (Å²) in [6, 6.07) is 7.84. The van der Waals surface area contributed by atoms with Crippen LogP contribution in [0.15, 0.2) is 45.1 Å². The number of benzene rings is 1. The summed E-state index contributed by atoms with van der Waals surface area (Å²) in [5.41, 5.74) is -0.0980. The number of aromatic nitrogens is 3. The minimum absolute atomic E-state index is 0.238. The molecule has 10 unspecified atom stereocenters. The summed E-state index contributed by atoms with van der Waals surface area (Å²) >= 11 is 0. The van der Waals surface area contributed by atoms with Crippen LogP contribution >= 0.6 is 0 Å². The van der Waals surface area contributed by atoms with Crippen molar-refractivity contribution in [2.45, 2.75) is 87.7 Å². The molecule has 3 N–H and O–H groups in total. The van der Waals surface area contributed by atoms with E-state index in [-0.39, 0.29) is 13.2 Å². The zero-order valence-corrected chi connectivity index (χ0v) is 21.3. The molecule has 1 aliphatic carbocycles. The lowest BCUT2D eigenvalue weighted by atomic mass is 9.78. The van der Waals surface area contributed by atoms with Crippen molar-refractivity contribution in [1.29, 1.82) is 0 Å². The predicted octanol–water partition coefficient (Wildman–Crippen LogP) is -1.53. The van der Waals surface area contributed by atoms with E-state index in [2.05, 4.69) is 5.16 Å². The normalized spacial score (nSPS) is 39.5. The quantitative estimate of drug-likeness (QED) is 0.295. The minimum Gasteiger partial charge on any atom is -0.393 e. The van der Waals surface area contributed by atoms with Crippen molar-refractivity contribution in [3.8, 4) is 5.69 Å². The van der Waals surface area contributed by atoms with Crippen molar-refractivity contribution in [3.05, 3.63) is 51.3 Å². The van der Waals surface area contributed by atoms with Gasteiger partial charge in [0, 0.05) is 12.5 Å². The van der Waals surface area contributed by atoms with Crippen molar-refractivity contribution in [2.24, 2.45) is 11.1 Å². The van der Waals surface area contributed by atoms with Crippen molar-refractivity contribution in [2.75, 3.05) is 6.61 Å². The number of rotatable bonds is 5. The van der Waals surface area contributed by atoms with Gasteiger partial charge in [0.1, 0.15) is 49.3 Å². The third kappa shape index (κ3) is 3.85. The van der Waals surface area contributed by atoms with Gasteiger partial charge in [-0.25, -0.2) is 23.5 Å². The third-order valence-electron chi connectivity index (χ3n) is 8.15. The Hall–Kier alpha value is -2.85. The molecule has 39 heavy (non-hydrogen) atoms. The van der Waals surface area contributed by atoms with E-state index in [0.717, 1.165) is 4.57 Å². The molecule has 210 valence electrons. The Balaban J connectivity index is 1.11. The Bertz CT molecular complexity index is 1420. The molecule has 1 aromatic heterocycles. The standard InChI is InChI=1S/C25H30N4O10/c1-25(2)38-21-17(32)18(37-22(21)39-25)13(30)10-35-26-14-12-8-9-27-23(33)28(11-6-4-3-5-7-11)24(34)29(27)15(12)16(31)20-19(14)36-20/h3-7,12-13,15-22,30-32H,8-10H2,1-2H3. The summed E-state index contributed by atoms with van der Waals surface area (Å²) in [5, 5.41) is 36.5. The number of ether oxygens (including phenoxy) is 4. The maximum absolute atomic E-state index is 13.5. The highest BCUT2D eigenvalue weighted by atomic mass is 16.8. The second kappa shape index (κ2) is 8.83. The number of fused-ring (bicyclic) bond motifs is 5. The first-order valence-electron chi connectivity index (χ1n) is 13.1. The van der Waals surface area contributed by atoms with Crippen LogP contribution in [0.4, 0.5) is 0 Å². The molecule has 14 nitrogen and oxygen atoms in total. The van der Waals surface area contributed by atoms with Gasteiger partial charge in [-0.3, -0.25) is 0 Å². The Kier molecular flexibility index (Phi) is 5.69. The van der Waals surface area contributed by atoms with Crippen LogP contribution in [0.3, 0.4) is 0 Å². The van der Waals surface area contributed by atoms with E-state index in [1.165, 1.54) is 9.36 Å². The molecule has 1 saturated carbocycles. The zero-order valence-electron chi connectivity index (χ0n) is 21.3. The van der Waals surface area contributed by atoms with Crippen LogP contribution < -0.4 is 11.4 Å². The van der Waals surface area contributed by atoms with Crippen LogP contribution in [-0.4, -0.2) is 96.4 Å². The van der Waals surface area contributed by atoms with Gasteiger partial charge in [-0.1, -0.05) is 23.4 Å². The van der Waals surface area contributed by atoms with Crippen LogP contribution in [0.5, 0.6) is 0 Å². The molecule has 1 aromatic carbocycles. The monoisotopic (exact) mass is 546 g/mol. The van der Waals surface area contributed by atoms with E-state index < -0.39 is 78.1 Å².